The Kier molecular flexibility index (Phi) is 4.40. The molecular formula is C14H26N4. The monoisotopic (exact) mass is 250 g/mol. The lowest BCUT2D eigenvalue weighted by Crippen LogP contribution is -2.48. The van der Waals surface area contributed by atoms with Crippen molar-refractivity contribution in [2.75, 3.05) is 0 Å². The summed E-state index contributed by atoms with van der Waals surface area (Å²) < 4.78 is 1.96. The first-order chi connectivity index (χ1) is 8.65. The van der Waals surface area contributed by atoms with E-state index in [9.17, 15) is 0 Å². The van der Waals surface area contributed by atoms with Gasteiger partial charge in [0.15, 0.2) is 0 Å². The highest BCUT2D eigenvalue weighted by Crippen LogP contribution is 2.39. The van der Waals surface area contributed by atoms with E-state index in [2.05, 4.69) is 23.5 Å². The van der Waals surface area contributed by atoms with Crippen LogP contribution in [0.5, 0.6) is 0 Å². The number of nitrogens with one attached hydrogen (secondary N) is 1. The summed E-state index contributed by atoms with van der Waals surface area (Å²) in [5.41, 5.74) is 4.72. The zero-order valence-corrected chi connectivity index (χ0v) is 11.7. The van der Waals surface area contributed by atoms with E-state index in [1.165, 1.54) is 37.8 Å². The second kappa shape index (κ2) is 5.85. The Morgan fingerprint density at radius 3 is 2.72 bits per heavy atom. The first-order valence-electron chi connectivity index (χ1n) is 7.09. The van der Waals surface area contributed by atoms with Crippen molar-refractivity contribution in [3.63, 3.8) is 0 Å². The maximum absolute atomic E-state index is 5.79. The summed E-state index contributed by atoms with van der Waals surface area (Å²) in [6, 6.07) is 2.50. The van der Waals surface area contributed by atoms with Crippen LogP contribution in [-0.2, 0) is 13.5 Å². The summed E-state index contributed by atoms with van der Waals surface area (Å²) in [6.07, 6.45) is 10.7. The van der Waals surface area contributed by atoms with Crippen LogP contribution in [0.1, 0.15) is 51.1 Å². The number of rotatable bonds is 5. The second-order valence-electron chi connectivity index (χ2n) is 5.92. The molecule has 1 saturated carbocycles. The van der Waals surface area contributed by atoms with Gasteiger partial charge in [0.05, 0.1) is 0 Å². The van der Waals surface area contributed by atoms with Crippen LogP contribution >= 0.6 is 0 Å². The molecule has 18 heavy (non-hydrogen) atoms. The minimum Gasteiger partial charge on any atom is -0.273 e. The minimum atomic E-state index is 0.367. The largest absolute Gasteiger partial charge is 0.273 e. The lowest BCUT2D eigenvalue weighted by Gasteiger charge is -2.40. The fourth-order valence-electron chi connectivity index (χ4n) is 3.28. The van der Waals surface area contributed by atoms with Gasteiger partial charge < -0.3 is 0 Å². The van der Waals surface area contributed by atoms with E-state index in [0.29, 0.717) is 11.5 Å². The topological polar surface area (TPSA) is 55.9 Å². The van der Waals surface area contributed by atoms with Crippen molar-refractivity contribution in [3.8, 4) is 0 Å². The molecule has 1 aliphatic carbocycles. The van der Waals surface area contributed by atoms with Crippen molar-refractivity contribution in [1.82, 2.24) is 15.2 Å². The number of hydrogen-bond donors (Lipinski definition) is 2. The van der Waals surface area contributed by atoms with E-state index in [-0.39, 0.29) is 0 Å². The van der Waals surface area contributed by atoms with E-state index < -0.39 is 0 Å². The quantitative estimate of drug-likeness (QED) is 0.622. The Hall–Kier alpha value is -0.870. The second-order valence-corrected chi connectivity index (χ2v) is 5.92. The first kappa shape index (κ1) is 13.6. The standard InChI is InChI=1S/C14H26N4/c1-14(9-4-3-5-10-14)13(17-15)7-6-12-8-11-16-18(12)2/h8,11,13,17H,3-7,9-10,15H2,1-2H3. The van der Waals surface area contributed by atoms with Crippen LogP contribution in [0.25, 0.3) is 0 Å². The van der Waals surface area contributed by atoms with Gasteiger partial charge in [-0.15, -0.1) is 0 Å². The van der Waals surface area contributed by atoms with Gasteiger partial charge in [-0.3, -0.25) is 16.0 Å². The molecule has 1 aromatic heterocycles. The lowest BCUT2D eigenvalue weighted by atomic mass is 9.69. The molecule has 1 aliphatic rings. The lowest BCUT2D eigenvalue weighted by molar-refractivity contribution is 0.138. The molecule has 0 radical (unpaired) electrons. The molecule has 2 rings (SSSR count). The first-order valence-corrected chi connectivity index (χ1v) is 7.09. The van der Waals surface area contributed by atoms with Gasteiger partial charge in [-0.2, -0.15) is 5.10 Å². The van der Waals surface area contributed by atoms with E-state index in [4.69, 9.17) is 5.84 Å². The van der Waals surface area contributed by atoms with Crippen LogP contribution < -0.4 is 11.3 Å². The van der Waals surface area contributed by atoms with Crippen molar-refractivity contribution < 1.29 is 0 Å². The summed E-state index contributed by atoms with van der Waals surface area (Å²) in [4.78, 5) is 0. The molecule has 4 nitrogen and oxygen atoms in total. The van der Waals surface area contributed by atoms with Gasteiger partial charge in [-0.25, -0.2) is 0 Å². The number of nitrogens with zero attached hydrogens (tertiary/aromatic N) is 2. The van der Waals surface area contributed by atoms with Gasteiger partial charge in [0.1, 0.15) is 0 Å². The Morgan fingerprint density at radius 1 is 1.44 bits per heavy atom. The number of nitrogens with two attached hydrogens (primary N) is 1. The third kappa shape index (κ3) is 2.93. The highest BCUT2D eigenvalue weighted by Gasteiger charge is 2.34. The SMILES string of the molecule is Cn1nccc1CCC(NN)C1(C)CCCCC1. The van der Waals surface area contributed by atoms with E-state index >= 15 is 0 Å². The molecular weight excluding hydrogens is 224 g/mol. The van der Waals surface area contributed by atoms with Gasteiger partial charge in [-0.1, -0.05) is 26.2 Å². The predicted octanol–water partition coefficient (Wildman–Crippen LogP) is 2.16. The van der Waals surface area contributed by atoms with Crippen molar-refractivity contribution in [1.29, 1.82) is 0 Å². The number of aryl methyl sites for hydroxylation is 2. The molecule has 0 bridgehead atoms. The highest BCUT2D eigenvalue weighted by atomic mass is 15.3. The Balaban J connectivity index is 1.94. The molecule has 0 amide bonds. The molecule has 3 N–H and O–H groups in total. The van der Waals surface area contributed by atoms with Crippen LogP contribution in [-0.4, -0.2) is 15.8 Å². The van der Waals surface area contributed by atoms with Gasteiger partial charge in [0.2, 0.25) is 0 Å². The summed E-state index contributed by atoms with van der Waals surface area (Å²) in [6.45, 7) is 2.39. The predicted molar refractivity (Wildman–Crippen MR) is 73.8 cm³/mol. The van der Waals surface area contributed by atoms with Crippen LogP contribution in [0, 0.1) is 5.41 Å². The molecule has 1 unspecified atom stereocenters. The normalized spacial score (nSPS) is 20.8. The summed E-state index contributed by atoms with van der Waals surface area (Å²) in [7, 11) is 2.00. The molecule has 0 saturated heterocycles. The van der Waals surface area contributed by atoms with E-state index in [1.54, 1.807) is 0 Å². The molecule has 1 fully saturated rings. The summed E-state index contributed by atoms with van der Waals surface area (Å²) >= 11 is 0. The highest BCUT2D eigenvalue weighted by molar-refractivity contribution is 5.01. The Morgan fingerprint density at radius 2 is 2.17 bits per heavy atom. The minimum absolute atomic E-state index is 0.367. The van der Waals surface area contributed by atoms with Gasteiger partial charge in [-0.05, 0) is 37.2 Å². The molecule has 102 valence electrons. The number of hydrazine groups is 1. The van der Waals surface area contributed by atoms with Crippen molar-refractivity contribution in [2.45, 2.75) is 57.9 Å². The molecule has 1 atom stereocenters. The molecule has 4 heteroatoms. The van der Waals surface area contributed by atoms with Crippen LogP contribution in [0.2, 0.25) is 0 Å². The zero-order chi connectivity index (χ0) is 13.0. The molecule has 1 heterocycles. The summed E-state index contributed by atoms with van der Waals surface area (Å²) in [5, 5.41) is 4.22. The molecule has 0 aromatic carbocycles. The Labute approximate surface area is 110 Å². The van der Waals surface area contributed by atoms with Crippen molar-refractivity contribution in [3.05, 3.63) is 18.0 Å². The van der Waals surface area contributed by atoms with E-state index in [1.807, 2.05) is 17.9 Å². The molecule has 0 spiro atoms. The third-order valence-corrected chi connectivity index (χ3v) is 4.65. The molecule has 0 aliphatic heterocycles. The maximum Gasteiger partial charge on any atom is 0.0492 e. The smallest absolute Gasteiger partial charge is 0.0492 e. The fourth-order valence-corrected chi connectivity index (χ4v) is 3.28. The number of aromatic nitrogens is 2. The van der Waals surface area contributed by atoms with Crippen LogP contribution in [0.3, 0.4) is 0 Å². The van der Waals surface area contributed by atoms with Gasteiger partial charge in [0, 0.05) is 25.0 Å². The Bertz CT molecular complexity index is 366. The maximum atomic E-state index is 5.79. The average Bonchev–Trinajstić information content (AvgIpc) is 2.76. The average molecular weight is 250 g/mol. The third-order valence-electron chi connectivity index (χ3n) is 4.65. The van der Waals surface area contributed by atoms with Crippen LogP contribution in [0.4, 0.5) is 0 Å². The van der Waals surface area contributed by atoms with Crippen molar-refractivity contribution in [2.24, 2.45) is 18.3 Å². The van der Waals surface area contributed by atoms with Crippen LogP contribution in [0.15, 0.2) is 12.3 Å². The zero-order valence-electron chi connectivity index (χ0n) is 11.7. The number of hydrogen-bond acceptors (Lipinski definition) is 3. The van der Waals surface area contributed by atoms with E-state index in [0.717, 1.165) is 12.8 Å². The fraction of sp³-hybridized carbons (Fsp3) is 0.786. The molecule has 1 aromatic rings. The van der Waals surface area contributed by atoms with Crippen molar-refractivity contribution >= 4 is 0 Å². The van der Waals surface area contributed by atoms with Gasteiger partial charge in [0.25, 0.3) is 0 Å². The summed E-state index contributed by atoms with van der Waals surface area (Å²) in [5.74, 6) is 5.79. The van der Waals surface area contributed by atoms with Gasteiger partial charge >= 0.3 is 0 Å².